The van der Waals surface area contributed by atoms with Crippen LogP contribution in [0.4, 0.5) is 8.78 Å². The molecule has 34 heavy (non-hydrogen) atoms. The Bertz CT molecular complexity index is 1470. The lowest BCUT2D eigenvalue weighted by molar-refractivity contribution is 0.486. The van der Waals surface area contributed by atoms with Gasteiger partial charge in [-0.1, -0.05) is 58.9 Å². The van der Waals surface area contributed by atoms with E-state index < -0.39 is 22.9 Å². The van der Waals surface area contributed by atoms with Gasteiger partial charge in [0, 0.05) is 19.2 Å². The van der Waals surface area contributed by atoms with Gasteiger partial charge in [0.25, 0.3) is 5.56 Å². The standard InChI is InChI=1S/C26H28F2N4O2/c1-16(2)13-31-24(33)22-23(32(25(31)34)21-11-10-19(27)12-20(21)28)29-15-30(22)14-17-6-8-18(9-7-17)26(3,4)5/h6-12,15-16H,13-14H2,1-5H3. The van der Waals surface area contributed by atoms with Gasteiger partial charge in [-0.25, -0.2) is 23.1 Å². The Morgan fingerprint density at radius 2 is 1.68 bits per heavy atom. The zero-order chi connectivity index (χ0) is 24.8. The van der Waals surface area contributed by atoms with Crippen molar-refractivity contribution in [2.45, 2.75) is 53.1 Å². The monoisotopic (exact) mass is 466 g/mol. The summed E-state index contributed by atoms with van der Waals surface area (Å²) in [7, 11) is 0. The quantitative estimate of drug-likeness (QED) is 0.431. The van der Waals surface area contributed by atoms with Crippen molar-refractivity contribution in [1.29, 1.82) is 0 Å². The third-order valence-corrected chi connectivity index (χ3v) is 5.77. The molecule has 8 heteroatoms. The lowest BCUT2D eigenvalue weighted by Crippen LogP contribution is -2.41. The second kappa shape index (κ2) is 8.66. The Morgan fingerprint density at radius 1 is 1.00 bits per heavy atom. The highest BCUT2D eigenvalue weighted by atomic mass is 19.1. The first-order chi connectivity index (χ1) is 16.0. The molecule has 0 aliphatic rings. The fourth-order valence-corrected chi connectivity index (χ4v) is 4.01. The maximum absolute atomic E-state index is 14.7. The highest BCUT2D eigenvalue weighted by molar-refractivity contribution is 5.72. The number of hydrogen-bond acceptors (Lipinski definition) is 3. The first-order valence-electron chi connectivity index (χ1n) is 11.2. The number of benzene rings is 2. The van der Waals surface area contributed by atoms with E-state index in [0.717, 1.165) is 20.8 Å². The second-order valence-corrected chi connectivity index (χ2v) is 10.0. The number of rotatable bonds is 5. The number of nitrogens with zero attached hydrogens (tertiary/aromatic N) is 4. The molecule has 178 valence electrons. The Balaban J connectivity index is 1.92. The number of imidazole rings is 1. The molecule has 0 radical (unpaired) electrons. The van der Waals surface area contributed by atoms with E-state index in [2.05, 4.69) is 37.9 Å². The summed E-state index contributed by atoms with van der Waals surface area (Å²) in [6.45, 7) is 10.7. The van der Waals surface area contributed by atoms with Crippen molar-refractivity contribution in [2.75, 3.05) is 0 Å². The van der Waals surface area contributed by atoms with Crippen LogP contribution in [0.15, 0.2) is 58.4 Å². The Kier molecular flexibility index (Phi) is 6.02. The van der Waals surface area contributed by atoms with Gasteiger partial charge in [0.15, 0.2) is 11.2 Å². The van der Waals surface area contributed by atoms with Crippen molar-refractivity contribution in [3.05, 3.63) is 92.4 Å². The van der Waals surface area contributed by atoms with Crippen molar-refractivity contribution in [2.24, 2.45) is 5.92 Å². The molecule has 0 spiro atoms. The number of hydrogen-bond donors (Lipinski definition) is 0. The zero-order valence-corrected chi connectivity index (χ0v) is 20.0. The van der Waals surface area contributed by atoms with Crippen molar-refractivity contribution in [3.63, 3.8) is 0 Å². The summed E-state index contributed by atoms with van der Waals surface area (Å²) in [4.78, 5) is 31.0. The van der Waals surface area contributed by atoms with Crippen molar-refractivity contribution in [1.82, 2.24) is 18.7 Å². The predicted molar refractivity (Wildman–Crippen MR) is 129 cm³/mol. The lowest BCUT2D eigenvalue weighted by atomic mass is 9.87. The fourth-order valence-electron chi connectivity index (χ4n) is 4.01. The van der Waals surface area contributed by atoms with Crippen LogP contribution in [0.25, 0.3) is 16.9 Å². The number of fused-ring (bicyclic) bond motifs is 1. The maximum Gasteiger partial charge on any atom is 0.337 e. The van der Waals surface area contributed by atoms with E-state index in [4.69, 9.17) is 0 Å². The molecule has 6 nitrogen and oxygen atoms in total. The molecule has 2 aromatic heterocycles. The Morgan fingerprint density at radius 3 is 2.26 bits per heavy atom. The Labute approximate surface area is 196 Å². The van der Waals surface area contributed by atoms with Crippen LogP contribution in [-0.2, 0) is 18.5 Å². The first-order valence-corrected chi connectivity index (χ1v) is 11.2. The van der Waals surface area contributed by atoms with Gasteiger partial charge >= 0.3 is 5.69 Å². The fraction of sp³-hybridized carbons (Fsp3) is 0.346. The van der Waals surface area contributed by atoms with E-state index in [1.807, 2.05) is 26.0 Å². The maximum atomic E-state index is 14.7. The minimum atomic E-state index is -0.912. The molecule has 2 aromatic carbocycles. The van der Waals surface area contributed by atoms with Crippen LogP contribution >= 0.6 is 0 Å². The minimum Gasteiger partial charge on any atom is -0.320 e. The van der Waals surface area contributed by atoms with Gasteiger partial charge in [-0.2, -0.15) is 0 Å². The smallest absolute Gasteiger partial charge is 0.320 e. The molecule has 0 N–H and O–H groups in total. The van der Waals surface area contributed by atoms with E-state index in [1.165, 1.54) is 18.0 Å². The molecular formula is C26H28F2N4O2. The normalized spacial score (nSPS) is 12.1. The second-order valence-electron chi connectivity index (χ2n) is 10.0. The molecule has 4 aromatic rings. The van der Waals surface area contributed by atoms with Gasteiger partial charge in [-0.3, -0.25) is 9.36 Å². The lowest BCUT2D eigenvalue weighted by Gasteiger charge is -2.19. The van der Waals surface area contributed by atoms with Crippen LogP contribution in [-0.4, -0.2) is 18.7 Å². The van der Waals surface area contributed by atoms with Crippen molar-refractivity contribution in [3.8, 4) is 5.69 Å². The van der Waals surface area contributed by atoms with Crippen LogP contribution in [0.2, 0.25) is 0 Å². The first kappa shape index (κ1) is 23.6. The predicted octanol–water partition coefficient (Wildman–Crippen LogP) is 4.63. The topological polar surface area (TPSA) is 61.8 Å². The van der Waals surface area contributed by atoms with Crippen LogP contribution in [0.1, 0.15) is 45.7 Å². The van der Waals surface area contributed by atoms with E-state index in [-0.39, 0.29) is 34.7 Å². The summed E-state index contributed by atoms with van der Waals surface area (Å²) >= 11 is 0. The van der Waals surface area contributed by atoms with Gasteiger partial charge in [-0.15, -0.1) is 0 Å². The third-order valence-electron chi connectivity index (χ3n) is 5.77. The average molecular weight is 467 g/mol. The molecule has 0 fully saturated rings. The van der Waals surface area contributed by atoms with Crippen LogP contribution in [0.5, 0.6) is 0 Å². The largest absolute Gasteiger partial charge is 0.337 e. The van der Waals surface area contributed by atoms with Gasteiger partial charge in [0.1, 0.15) is 11.6 Å². The summed E-state index contributed by atoms with van der Waals surface area (Å²) in [5, 5.41) is 0. The Hall–Kier alpha value is -3.55. The molecule has 0 bridgehead atoms. The van der Waals surface area contributed by atoms with Crippen molar-refractivity contribution < 1.29 is 8.78 Å². The number of halogens is 2. The van der Waals surface area contributed by atoms with Crippen LogP contribution in [0, 0.1) is 17.6 Å². The molecule has 0 unspecified atom stereocenters. The zero-order valence-electron chi connectivity index (χ0n) is 20.0. The molecule has 0 saturated heterocycles. The van der Waals surface area contributed by atoms with Gasteiger partial charge < -0.3 is 4.57 Å². The molecule has 4 rings (SSSR count). The number of aromatic nitrogens is 4. The summed E-state index contributed by atoms with van der Waals surface area (Å²) in [6.07, 6.45) is 1.47. The van der Waals surface area contributed by atoms with Gasteiger partial charge in [0.2, 0.25) is 0 Å². The average Bonchev–Trinajstić information content (AvgIpc) is 3.15. The van der Waals surface area contributed by atoms with E-state index in [9.17, 15) is 18.4 Å². The molecule has 0 aliphatic heterocycles. The van der Waals surface area contributed by atoms with Crippen molar-refractivity contribution >= 4 is 11.2 Å². The molecule has 0 amide bonds. The molecular weight excluding hydrogens is 438 g/mol. The third kappa shape index (κ3) is 4.32. The summed E-state index contributed by atoms with van der Waals surface area (Å²) in [6, 6.07) is 11.1. The van der Waals surface area contributed by atoms with Gasteiger partial charge in [-0.05, 0) is 34.6 Å². The summed E-state index contributed by atoms with van der Waals surface area (Å²) in [5.41, 5.74) is 1.01. The van der Waals surface area contributed by atoms with Crippen LogP contribution < -0.4 is 11.2 Å². The van der Waals surface area contributed by atoms with Crippen LogP contribution in [0.3, 0.4) is 0 Å². The summed E-state index contributed by atoms with van der Waals surface area (Å²) in [5.74, 6) is -1.67. The van der Waals surface area contributed by atoms with E-state index in [1.54, 1.807) is 4.57 Å². The minimum absolute atomic E-state index is 0.00400. The summed E-state index contributed by atoms with van der Waals surface area (Å²) < 4.78 is 32.1. The van der Waals surface area contributed by atoms with E-state index >= 15 is 0 Å². The molecule has 0 saturated carbocycles. The SMILES string of the molecule is CC(C)Cn1c(=O)c2c(ncn2Cc2ccc(C(C)(C)C)cc2)n(-c2ccc(F)cc2F)c1=O. The highest BCUT2D eigenvalue weighted by Gasteiger charge is 2.22. The highest BCUT2D eigenvalue weighted by Crippen LogP contribution is 2.23. The van der Waals surface area contributed by atoms with E-state index in [0.29, 0.717) is 12.6 Å². The molecule has 0 aliphatic carbocycles. The van der Waals surface area contributed by atoms with Gasteiger partial charge in [0.05, 0.1) is 12.0 Å². The molecule has 0 atom stereocenters. The molecule has 2 heterocycles.